The van der Waals surface area contributed by atoms with Crippen molar-refractivity contribution in [3.8, 4) is 0 Å². The summed E-state index contributed by atoms with van der Waals surface area (Å²) in [5.74, 6) is -2.70. The standard InChI is InChI=1S/C27H32O9/c1-14-26(32)13-24(4)21(15-7-8-34-12-15)35-20(30)11-27(14,24)36-18-10-17(28)23(2,3)16(9-19(29)33-6)25(18,5)22(26)31/h7-8,12,16,18,21,32H,1,9-11,13H2,2-6H3/t16-,18-,21-,24-,25+,26+,27-/m1/s1. The van der Waals surface area contributed by atoms with Gasteiger partial charge in [-0.15, -0.1) is 0 Å². The molecule has 2 aliphatic carbocycles. The first-order valence-corrected chi connectivity index (χ1v) is 12.1. The van der Waals surface area contributed by atoms with Gasteiger partial charge >= 0.3 is 11.9 Å². The highest BCUT2D eigenvalue weighted by Crippen LogP contribution is 2.70. The van der Waals surface area contributed by atoms with Crippen LogP contribution >= 0.6 is 0 Å². The Morgan fingerprint density at radius 2 is 1.92 bits per heavy atom. The Morgan fingerprint density at radius 3 is 2.53 bits per heavy atom. The number of esters is 2. The molecule has 194 valence electrons. The fourth-order valence-electron chi connectivity index (χ4n) is 7.59. The topological polar surface area (TPSA) is 129 Å². The van der Waals surface area contributed by atoms with E-state index in [1.165, 1.54) is 19.6 Å². The Morgan fingerprint density at radius 1 is 1.22 bits per heavy atom. The van der Waals surface area contributed by atoms with E-state index in [1.807, 2.05) is 0 Å². The van der Waals surface area contributed by atoms with Crippen LogP contribution in [0.25, 0.3) is 0 Å². The molecule has 2 aliphatic heterocycles. The average molecular weight is 501 g/mol. The summed E-state index contributed by atoms with van der Waals surface area (Å²) < 4.78 is 22.7. The lowest BCUT2D eigenvalue weighted by molar-refractivity contribution is -0.245. The van der Waals surface area contributed by atoms with E-state index in [0.29, 0.717) is 5.56 Å². The highest BCUT2D eigenvalue weighted by atomic mass is 16.6. The Bertz CT molecular complexity index is 1180. The van der Waals surface area contributed by atoms with Gasteiger partial charge in [0.25, 0.3) is 0 Å². The van der Waals surface area contributed by atoms with Crippen molar-refractivity contribution in [3.63, 3.8) is 0 Å². The van der Waals surface area contributed by atoms with Crippen molar-refractivity contribution < 1.29 is 42.9 Å². The Labute approximate surface area is 209 Å². The fraction of sp³-hybridized carbons (Fsp3) is 0.630. The van der Waals surface area contributed by atoms with Gasteiger partial charge in [-0.3, -0.25) is 19.2 Å². The number of ether oxygens (including phenoxy) is 3. The van der Waals surface area contributed by atoms with Crippen LogP contribution in [0.3, 0.4) is 0 Å². The minimum Gasteiger partial charge on any atom is -0.472 e. The first-order valence-electron chi connectivity index (χ1n) is 12.1. The van der Waals surface area contributed by atoms with Crippen molar-refractivity contribution in [3.05, 3.63) is 36.3 Å². The van der Waals surface area contributed by atoms with Crippen LogP contribution in [0, 0.1) is 22.2 Å². The number of methoxy groups -OCH3 is 1. The number of fused-ring (bicyclic) bond motifs is 2. The monoisotopic (exact) mass is 500 g/mol. The number of hydrogen-bond donors (Lipinski definition) is 1. The SMILES string of the molecule is C=C1[C@@]2(O)C[C@]3(C)[C@@H](c4ccoc4)OC(=O)C[C@@]13O[C@@H]1CC(=O)C(C)(C)[C@@H](CC(=O)OC)[C@]1(C)C2=O. The third-order valence-corrected chi connectivity index (χ3v) is 9.76. The van der Waals surface area contributed by atoms with Gasteiger partial charge in [0.2, 0.25) is 0 Å². The summed E-state index contributed by atoms with van der Waals surface area (Å²) in [7, 11) is 1.25. The number of carbonyl (C=O) groups is 4. The fourth-order valence-corrected chi connectivity index (χ4v) is 7.59. The minimum atomic E-state index is -2.07. The third kappa shape index (κ3) is 2.78. The van der Waals surface area contributed by atoms with E-state index in [2.05, 4.69) is 6.58 Å². The molecule has 1 aromatic heterocycles. The molecule has 4 aliphatic rings. The maximum atomic E-state index is 14.5. The van der Waals surface area contributed by atoms with Gasteiger partial charge in [-0.25, -0.2) is 0 Å². The lowest BCUT2D eigenvalue weighted by Crippen LogP contribution is -2.65. The molecular formula is C27H32O9. The lowest BCUT2D eigenvalue weighted by atomic mass is 9.50. The molecule has 9 nitrogen and oxygen atoms in total. The van der Waals surface area contributed by atoms with Gasteiger partial charge in [0.15, 0.2) is 5.78 Å². The maximum absolute atomic E-state index is 14.5. The van der Waals surface area contributed by atoms with Crippen molar-refractivity contribution in [2.75, 3.05) is 7.11 Å². The van der Waals surface area contributed by atoms with E-state index >= 15 is 0 Å². The molecule has 1 aromatic rings. The predicted molar refractivity (Wildman–Crippen MR) is 123 cm³/mol. The van der Waals surface area contributed by atoms with Crippen molar-refractivity contribution in [1.82, 2.24) is 0 Å². The van der Waals surface area contributed by atoms with E-state index in [9.17, 15) is 24.3 Å². The summed E-state index contributed by atoms with van der Waals surface area (Å²) in [5, 5.41) is 12.2. The molecule has 5 rings (SSSR count). The second-order valence-corrected chi connectivity index (χ2v) is 11.8. The Hall–Kier alpha value is -2.78. The van der Waals surface area contributed by atoms with E-state index in [4.69, 9.17) is 18.6 Å². The quantitative estimate of drug-likeness (QED) is 0.492. The van der Waals surface area contributed by atoms with Crippen LogP contribution in [0.4, 0.5) is 0 Å². The van der Waals surface area contributed by atoms with Gasteiger partial charge in [-0.2, -0.15) is 0 Å². The highest BCUT2D eigenvalue weighted by Gasteiger charge is 2.79. The molecule has 9 heteroatoms. The van der Waals surface area contributed by atoms with Crippen molar-refractivity contribution >= 4 is 23.5 Å². The van der Waals surface area contributed by atoms with Crippen molar-refractivity contribution in [2.24, 2.45) is 22.2 Å². The van der Waals surface area contributed by atoms with E-state index in [1.54, 1.807) is 33.8 Å². The second kappa shape index (κ2) is 7.38. The summed E-state index contributed by atoms with van der Waals surface area (Å²) >= 11 is 0. The van der Waals surface area contributed by atoms with Crippen LogP contribution in [-0.2, 0) is 33.4 Å². The summed E-state index contributed by atoms with van der Waals surface area (Å²) in [6.45, 7) is 11.0. The third-order valence-electron chi connectivity index (χ3n) is 9.76. The molecule has 3 heterocycles. The Balaban J connectivity index is 1.72. The first-order chi connectivity index (χ1) is 16.7. The van der Waals surface area contributed by atoms with E-state index < -0.39 is 63.3 Å². The van der Waals surface area contributed by atoms with Gasteiger partial charge in [-0.1, -0.05) is 27.4 Å². The second-order valence-electron chi connectivity index (χ2n) is 11.8. The number of carbonyl (C=O) groups excluding carboxylic acids is 4. The number of ketones is 2. The zero-order valence-corrected chi connectivity index (χ0v) is 21.2. The number of hydrogen-bond acceptors (Lipinski definition) is 9. The molecule has 7 atom stereocenters. The van der Waals surface area contributed by atoms with Crippen LogP contribution in [0.15, 0.2) is 35.2 Å². The first kappa shape index (κ1) is 24.9. The van der Waals surface area contributed by atoms with Crippen LogP contribution in [0.1, 0.15) is 65.0 Å². The highest BCUT2D eigenvalue weighted by molar-refractivity contribution is 6.01. The van der Waals surface area contributed by atoms with Gasteiger partial charge in [0.05, 0.1) is 44.0 Å². The molecule has 2 bridgehead atoms. The lowest BCUT2D eigenvalue weighted by Gasteiger charge is -2.57. The molecule has 0 amide bonds. The molecule has 1 spiro atoms. The van der Waals surface area contributed by atoms with Gasteiger partial charge in [-0.05, 0) is 30.9 Å². The number of furan rings is 1. The molecular weight excluding hydrogens is 468 g/mol. The molecule has 4 fully saturated rings. The normalized spacial score (nSPS) is 43.3. The summed E-state index contributed by atoms with van der Waals surface area (Å²) in [6.07, 6.45) is 0.344. The Kier molecular flexibility index (Phi) is 5.11. The van der Waals surface area contributed by atoms with Gasteiger partial charge < -0.3 is 23.7 Å². The summed E-state index contributed by atoms with van der Waals surface area (Å²) in [5.41, 5.74) is -6.47. The smallest absolute Gasteiger partial charge is 0.309 e. The largest absolute Gasteiger partial charge is 0.472 e. The number of Topliss-reactive ketones (excluding diaryl/α,β-unsaturated/α-hetero) is 2. The molecule has 0 aromatic carbocycles. The van der Waals surface area contributed by atoms with E-state index in [-0.39, 0.29) is 37.0 Å². The molecule has 2 saturated carbocycles. The van der Waals surface area contributed by atoms with Crippen molar-refractivity contribution in [2.45, 2.75) is 76.8 Å². The zero-order valence-electron chi connectivity index (χ0n) is 21.2. The molecule has 0 radical (unpaired) electrons. The number of cyclic esters (lactones) is 1. The van der Waals surface area contributed by atoms with Gasteiger partial charge in [0.1, 0.15) is 23.1 Å². The molecule has 2 saturated heterocycles. The number of rotatable bonds is 3. The van der Waals surface area contributed by atoms with Crippen LogP contribution in [0.5, 0.6) is 0 Å². The van der Waals surface area contributed by atoms with Crippen LogP contribution in [0.2, 0.25) is 0 Å². The van der Waals surface area contributed by atoms with Crippen LogP contribution in [-0.4, -0.2) is 53.0 Å². The molecule has 0 unspecified atom stereocenters. The van der Waals surface area contributed by atoms with Gasteiger partial charge in [0, 0.05) is 22.8 Å². The summed E-state index contributed by atoms with van der Waals surface area (Å²) in [6, 6.07) is 1.66. The van der Waals surface area contributed by atoms with Crippen LogP contribution < -0.4 is 0 Å². The van der Waals surface area contributed by atoms with Crippen molar-refractivity contribution in [1.29, 1.82) is 0 Å². The molecule has 1 N–H and O–H groups in total. The zero-order chi connectivity index (χ0) is 26.5. The number of aliphatic hydroxyl groups is 1. The van der Waals surface area contributed by atoms with E-state index in [0.717, 1.165) is 0 Å². The maximum Gasteiger partial charge on any atom is 0.309 e. The average Bonchev–Trinajstić information content (AvgIpc) is 3.39. The predicted octanol–water partition coefficient (Wildman–Crippen LogP) is 2.86. The minimum absolute atomic E-state index is 0.0883. The molecule has 36 heavy (non-hydrogen) atoms. The summed E-state index contributed by atoms with van der Waals surface area (Å²) in [4.78, 5) is 53.4.